The maximum absolute atomic E-state index is 13.9. The topological polar surface area (TPSA) is 88.4 Å². The van der Waals surface area contributed by atoms with E-state index in [-0.39, 0.29) is 11.1 Å². The minimum Gasteiger partial charge on any atom is -0.490 e. The molecule has 3 aromatic carbocycles. The number of aromatic nitrogens is 1. The van der Waals surface area contributed by atoms with Gasteiger partial charge in [0.1, 0.15) is 6.61 Å². The standard InChI is InChI=1S/C32H27Cl2IN2O6S/c1-4-41-25-11-8-20(15-26(25)42-5-2)28-22(31(39)40-3)16-36-32-37(28)30(38)27(44-32)14-19-12-23(33)29(24(34)13-19)43-17-18-6-9-21(35)10-7-18/h6-16,28H,4-5,17H2,1-3H3/b27-14-/t28-/m0/s1. The second-order valence-electron chi connectivity index (χ2n) is 9.48. The number of methoxy groups -OCH3 is 1. The zero-order chi connectivity index (χ0) is 31.4. The Balaban J connectivity index is 1.54. The Morgan fingerprint density at radius 3 is 2.34 bits per heavy atom. The molecule has 0 saturated heterocycles. The number of rotatable bonds is 10. The molecular formula is C32H27Cl2IN2O6S. The summed E-state index contributed by atoms with van der Waals surface area (Å²) >= 11 is 16.6. The highest BCUT2D eigenvalue weighted by Crippen LogP contribution is 2.36. The fourth-order valence-electron chi connectivity index (χ4n) is 4.68. The van der Waals surface area contributed by atoms with E-state index in [2.05, 4.69) is 27.6 Å². The molecule has 8 nitrogen and oxygen atoms in total. The molecule has 0 fully saturated rings. The fourth-order valence-corrected chi connectivity index (χ4v) is 6.62. The number of hydrogen-bond donors (Lipinski definition) is 0. The lowest BCUT2D eigenvalue weighted by Gasteiger charge is -2.23. The number of esters is 1. The number of carbonyl (C=O) groups excluding carboxylic acids is 1. The Morgan fingerprint density at radius 2 is 1.68 bits per heavy atom. The van der Waals surface area contributed by atoms with Gasteiger partial charge in [0.15, 0.2) is 22.0 Å². The largest absolute Gasteiger partial charge is 0.490 e. The number of benzene rings is 3. The van der Waals surface area contributed by atoms with E-state index in [9.17, 15) is 9.59 Å². The number of hydrogen-bond acceptors (Lipinski definition) is 8. The van der Waals surface area contributed by atoms with Crippen molar-refractivity contribution in [2.24, 2.45) is 4.99 Å². The van der Waals surface area contributed by atoms with Crippen LogP contribution in [0.15, 0.2) is 76.2 Å². The van der Waals surface area contributed by atoms with Crippen LogP contribution >= 0.6 is 57.1 Å². The molecule has 0 radical (unpaired) electrons. The van der Waals surface area contributed by atoms with Crippen LogP contribution in [0.2, 0.25) is 10.0 Å². The van der Waals surface area contributed by atoms with E-state index < -0.39 is 12.0 Å². The van der Waals surface area contributed by atoms with E-state index in [0.717, 1.165) is 9.13 Å². The second kappa shape index (κ2) is 14.2. The summed E-state index contributed by atoms with van der Waals surface area (Å²) in [4.78, 5) is 31.6. The van der Waals surface area contributed by atoms with Crippen LogP contribution in [0.4, 0.5) is 0 Å². The molecule has 1 aromatic heterocycles. The predicted molar refractivity (Wildman–Crippen MR) is 180 cm³/mol. The number of halogens is 3. The fraction of sp³-hybridized carbons (Fsp3) is 0.219. The predicted octanol–water partition coefficient (Wildman–Crippen LogP) is 6.31. The molecule has 2 heterocycles. The number of nitrogens with zero attached hydrogens (tertiary/aromatic N) is 2. The van der Waals surface area contributed by atoms with Gasteiger partial charge in [0.25, 0.3) is 5.56 Å². The summed E-state index contributed by atoms with van der Waals surface area (Å²) in [6, 6.07) is 15.8. The average Bonchev–Trinajstić information content (AvgIpc) is 3.32. The van der Waals surface area contributed by atoms with Crippen molar-refractivity contribution in [3.8, 4) is 17.2 Å². The minimum atomic E-state index is -0.806. The summed E-state index contributed by atoms with van der Waals surface area (Å²) in [6.07, 6.45) is 3.13. The van der Waals surface area contributed by atoms with Gasteiger partial charge in [-0.25, -0.2) is 9.79 Å². The van der Waals surface area contributed by atoms with Crippen molar-refractivity contribution in [1.82, 2.24) is 4.57 Å². The molecule has 228 valence electrons. The third-order valence-corrected chi connectivity index (χ3v) is 8.90. The van der Waals surface area contributed by atoms with Gasteiger partial charge in [-0.05, 0) is 95.6 Å². The molecule has 12 heteroatoms. The normalized spacial score (nSPS) is 14.4. The van der Waals surface area contributed by atoms with Crippen molar-refractivity contribution in [3.05, 3.63) is 116 Å². The first-order valence-corrected chi connectivity index (χ1v) is 16.2. The van der Waals surface area contributed by atoms with Gasteiger partial charge in [-0.15, -0.1) is 0 Å². The number of fused-ring (bicyclic) bond motifs is 1. The highest BCUT2D eigenvalue weighted by atomic mass is 127. The van der Waals surface area contributed by atoms with Gasteiger partial charge in [-0.3, -0.25) is 9.36 Å². The molecule has 5 rings (SSSR count). The molecule has 0 saturated carbocycles. The third kappa shape index (κ3) is 6.83. The Labute approximate surface area is 281 Å². The van der Waals surface area contributed by atoms with Crippen molar-refractivity contribution >= 4 is 69.2 Å². The van der Waals surface area contributed by atoms with E-state index in [4.69, 9.17) is 42.1 Å². The maximum atomic E-state index is 13.9. The first kappa shape index (κ1) is 32.1. The van der Waals surface area contributed by atoms with Crippen LogP contribution in [0.1, 0.15) is 36.6 Å². The molecule has 1 aliphatic rings. The van der Waals surface area contributed by atoms with Crippen LogP contribution in [-0.2, 0) is 16.1 Å². The molecule has 0 spiro atoms. The van der Waals surface area contributed by atoms with Gasteiger partial charge >= 0.3 is 5.97 Å². The summed E-state index contributed by atoms with van der Waals surface area (Å²) in [6.45, 7) is 4.91. The summed E-state index contributed by atoms with van der Waals surface area (Å²) in [5, 5.41) is 0.622. The number of ether oxygens (including phenoxy) is 4. The Hall–Kier alpha value is -3.32. The highest BCUT2D eigenvalue weighted by molar-refractivity contribution is 14.1. The number of thiazole rings is 1. The van der Waals surface area contributed by atoms with Gasteiger partial charge in [0.2, 0.25) is 0 Å². The maximum Gasteiger partial charge on any atom is 0.337 e. The Kier molecular flexibility index (Phi) is 10.3. The van der Waals surface area contributed by atoms with E-state index >= 15 is 0 Å². The van der Waals surface area contributed by atoms with Crippen molar-refractivity contribution < 1.29 is 23.7 Å². The highest BCUT2D eigenvalue weighted by Gasteiger charge is 2.31. The van der Waals surface area contributed by atoms with Gasteiger partial charge in [0.05, 0.1) is 46.5 Å². The summed E-state index contributed by atoms with van der Waals surface area (Å²) in [7, 11) is 1.29. The van der Waals surface area contributed by atoms with Crippen LogP contribution in [0, 0.1) is 3.57 Å². The zero-order valence-electron chi connectivity index (χ0n) is 23.9. The Bertz CT molecular complexity index is 1900. The van der Waals surface area contributed by atoms with Crippen molar-refractivity contribution in [3.63, 3.8) is 0 Å². The third-order valence-electron chi connectivity index (χ3n) is 6.62. The molecule has 0 bridgehead atoms. The van der Waals surface area contributed by atoms with Crippen LogP contribution in [-0.4, -0.2) is 30.9 Å². The van der Waals surface area contributed by atoms with Crippen LogP contribution in [0.25, 0.3) is 6.08 Å². The molecule has 0 amide bonds. The average molecular weight is 765 g/mol. The zero-order valence-corrected chi connectivity index (χ0v) is 28.4. The van der Waals surface area contributed by atoms with Crippen molar-refractivity contribution in [2.75, 3.05) is 20.3 Å². The SMILES string of the molecule is CCOc1ccc([C@H]2C(C(=O)OC)=CN=c3s/c(=C\c4cc(Cl)c(OCc5ccc(I)cc5)c(Cl)c4)c(=O)n32)cc1OCC. The Morgan fingerprint density at radius 1 is 1.00 bits per heavy atom. The molecule has 1 aliphatic heterocycles. The van der Waals surface area contributed by atoms with E-state index in [0.29, 0.717) is 67.6 Å². The van der Waals surface area contributed by atoms with Crippen LogP contribution in [0.5, 0.6) is 17.2 Å². The lowest BCUT2D eigenvalue weighted by molar-refractivity contribution is -0.136. The van der Waals surface area contributed by atoms with Crippen LogP contribution in [0.3, 0.4) is 0 Å². The van der Waals surface area contributed by atoms with Crippen molar-refractivity contribution in [1.29, 1.82) is 0 Å². The van der Waals surface area contributed by atoms with Gasteiger partial charge < -0.3 is 18.9 Å². The van der Waals surface area contributed by atoms with Gasteiger partial charge in [-0.2, -0.15) is 0 Å². The van der Waals surface area contributed by atoms with Gasteiger partial charge in [-0.1, -0.05) is 52.7 Å². The molecular weight excluding hydrogens is 738 g/mol. The summed E-state index contributed by atoms with van der Waals surface area (Å²) in [5.74, 6) is 0.825. The molecule has 0 unspecified atom stereocenters. The van der Waals surface area contributed by atoms with Crippen LogP contribution < -0.4 is 29.1 Å². The lowest BCUT2D eigenvalue weighted by atomic mass is 9.97. The molecule has 0 N–H and O–H groups in total. The smallest absolute Gasteiger partial charge is 0.337 e. The quantitative estimate of drug-likeness (QED) is 0.139. The molecule has 44 heavy (non-hydrogen) atoms. The molecule has 0 aliphatic carbocycles. The molecule has 4 aromatic rings. The second-order valence-corrected chi connectivity index (χ2v) is 12.5. The minimum absolute atomic E-state index is 0.207. The van der Waals surface area contributed by atoms with E-state index in [1.807, 2.05) is 38.1 Å². The first-order valence-electron chi connectivity index (χ1n) is 13.6. The summed E-state index contributed by atoms with van der Waals surface area (Å²) < 4.78 is 25.5. The first-order chi connectivity index (χ1) is 21.2. The monoisotopic (exact) mass is 764 g/mol. The molecule has 1 atom stereocenters. The number of carbonyl (C=O) groups is 1. The summed E-state index contributed by atoms with van der Waals surface area (Å²) in [5.41, 5.74) is 2.09. The van der Waals surface area contributed by atoms with E-state index in [1.165, 1.54) is 29.2 Å². The lowest BCUT2D eigenvalue weighted by Crippen LogP contribution is -2.39. The van der Waals surface area contributed by atoms with Gasteiger partial charge in [0, 0.05) is 9.77 Å². The van der Waals surface area contributed by atoms with E-state index in [1.54, 1.807) is 36.4 Å². The van der Waals surface area contributed by atoms with Crippen molar-refractivity contribution in [2.45, 2.75) is 26.5 Å².